The zero-order valence-electron chi connectivity index (χ0n) is 42.0. The van der Waals surface area contributed by atoms with Gasteiger partial charge in [0.2, 0.25) is 47.3 Å². The van der Waals surface area contributed by atoms with Crippen molar-refractivity contribution >= 4 is 76.9 Å². The Morgan fingerprint density at radius 3 is 1.29 bits per heavy atom. The predicted octanol–water partition coefficient (Wildman–Crippen LogP) is -2.81. The Morgan fingerprint density at radius 2 is 0.890 bits per heavy atom. The summed E-state index contributed by atoms with van der Waals surface area (Å²) in [6, 6.07) is -8.01. The first-order valence-corrected chi connectivity index (χ1v) is 24.9. The SMILES string of the molecule is CSCC[C@H](NC(=O)[C@@H](NC(=O)[C@H](CC(C)C)NC(=O)[C@H](CC(C)C)NC(=O)[C@H](CO)NC(=O)[C@H](CCC(=O)O)NC(=O)[C@H](C)N)[C@@H](C)O)C(=O)N[C@@H](CCC(=O)O)C(=O)N[C@@H](Cc1ccc(O)cc1)C(=O)O. The number of carbonyl (C=O) groups excluding carboxylic acids is 8. The highest BCUT2D eigenvalue weighted by molar-refractivity contribution is 7.98. The van der Waals surface area contributed by atoms with E-state index >= 15 is 0 Å². The van der Waals surface area contributed by atoms with Crippen LogP contribution in [0.3, 0.4) is 0 Å². The topological polar surface area (TPSA) is 431 Å². The number of carbonyl (C=O) groups is 11. The largest absolute Gasteiger partial charge is 0.508 e. The normalized spacial score (nSPS) is 15.3. The molecule has 1 aromatic rings. The molecule has 0 radical (unpaired) electrons. The van der Waals surface area contributed by atoms with Crippen molar-refractivity contribution in [2.45, 2.75) is 153 Å². The minimum Gasteiger partial charge on any atom is -0.508 e. The maximum Gasteiger partial charge on any atom is 0.326 e. The van der Waals surface area contributed by atoms with Gasteiger partial charge in [-0.25, -0.2) is 4.79 Å². The third kappa shape index (κ3) is 24.6. The number of nitrogens with one attached hydrogen (secondary N) is 8. The number of phenolic OH excluding ortho intramolecular Hbond substituents is 1. The molecule has 0 heterocycles. The average Bonchev–Trinajstić information content (AvgIpc) is 3.30. The lowest BCUT2D eigenvalue weighted by Gasteiger charge is -2.29. The molecule has 0 aliphatic heterocycles. The van der Waals surface area contributed by atoms with Gasteiger partial charge in [0.25, 0.3) is 0 Å². The van der Waals surface area contributed by atoms with Gasteiger partial charge in [0.05, 0.1) is 18.8 Å². The highest BCUT2D eigenvalue weighted by Gasteiger charge is 2.36. The molecule has 0 aliphatic carbocycles. The number of aromatic hydroxyl groups is 1. The molecule has 0 aliphatic rings. The smallest absolute Gasteiger partial charge is 0.326 e. The second kappa shape index (κ2) is 32.5. The van der Waals surface area contributed by atoms with Crippen molar-refractivity contribution in [3.63, 3.8) is 0 Å². The van der Waals surface area contributed by atoms with Crippen molar-refractivity contribution in [1.29, 1.82) is 0 Å². The van der Waals surface area contributed by atoms with Crippen molar-refractivity contribution in [3.8, 4) is 5.75 Å². The molecule has 73 heavy (non-hydrogen) atoms. The first-order chi connectivity index (χ1) is 34.1. The molecule has 0 fully saturated rings. The van der Waals surface area contributed by atoms with E-state index in [1.165, 1.54) is 43.0 Å². The summed E-state index contributed by atoms with van der Waals surface area (Å²) in [5, 5.41) is 77.9. The van der Waals surface area contributed by atoms with Gasteiger partial charge in [-0.15, -0.1) is 0 Å². The maximum atomic E-state index is 14.0. The van der Waals surface area contributed by atoms with Crippen LogP contribution in [0, 0.1) is 11.8 Å². The monoisotopic (exact) mass is 1060 g/mol. The number of carboxylic acid groups (broad SMARTS) is 3. The van der Waals surface area contributed by atoms with E-state index in [0.717, 1.165) is 6.92 Å². The van der Waals surface area contributed by atoms with Crippen molar-refractivity contribution < 1.29 is 83.4 Å². The molecule has 27 heteroatoms. The molecule has 16 N–H and O–H groups in total. The fraction of sp³-hybridized carbons (Fsp3) is 0.630. The Labute approximate surface area is 426 Å². The van der Waals surface area contributed by atoms with E-state index in [-0.39, 0.29) is 49.0 Å². The van der Waals surface area contributed by atoms with E-state index in [4.69, 9.17) is 10.8 Å². The Hall–Kier alpha value is -6.58. The van der Waals surface area contributed by atoms with Gasteiger partial charge in [-0.3, -0.25) is 47.9 Å². The summed E-state index contributed by atoms with van der Waals surface area (Å²) in [7, 11) is 0. The zero-order valence-corrected chi connectivity index (χ0v) is 42.8. The summed E-state index contributed by atoms with van der Waals surface area (Å²) < 4.78 is 0. The molecule has 8 amide bonds. The second-order valence-electron chi connectivity index (χ2n) is 18.2. The number of carboxylic acids is 3. The summed E-state index contributed by atoms with van der Waals surface area (Å²) in [4.78, 5) is 143. The Kier molecular flexibility index (Phi) is 28.7. The number of hydrogen-bond donors (Lipinski definition) is 15. The first kappa shape index (κ1) is 64.4. The molecular formula is C46H73N9O17S. The molecule has 1 rings (SSSR count). The van der Waals surface area contributed by atoms with Gasteiger partial charge < -0.3 is 78.9 Å². The molecule has 410 valence electrons. The number of aliphatic carboxylic acids is 3. The van der Waals surface area contributed by atoms with E-state index in [1.807, 2.05) is 0 Å². The lowest BCUT2D eigenvalue weighted by atomic mass is 9.99. The fourth-order valence-corrected chi connectivity index (χ4v) is 7.30. The van der Waals surface area contributed by atoms with Crippen LogP contribution in [-0.4, -0.2) is 175 Å². The van der Waals surface area contributed by atoms with E-state index < -0.39 is 158 Å². The van der Waals surface area contributed by atoms with Crippen molar-refractivity contribution in [2.75, 3.05) is 18.6 Å². The molecule has 0 bridgehead atoms. The van der Waals surface area contributed by atoms with Crippen LogP contribution >= 0.6 is 11.8 Å². The summed E-state index contributed by atoms with van der Waals surface area (Å²) in [6.45, 7) is 8.33. The number of thioether (sulfide) groups is 1. The molecule has 10 atom stereocenters. The van der Waals surface area contributed by atoms with Gasteiger partial charge in [-0.05, 0) is 87.5 Å². The number of nitrogens with two attached hydrogens (primary N) is 1. The quantitative estimate of drug-likeness (QED) is 0.0331. The number of amides is 8. The molecule has 0 spiro atoms. The van der Waals surface area contributed by atoms with Gasteiger partial charge in [0.15, 0.2) is 0 Å². The van der Waals surface area contributed by atoms with Crippen LogP contribution in [0.1, 0.15) is 92.1 Å². The van der Waals surface area contributed by atoms with Crippen LogP contribution < -0.4 is 48.3 Å². The molecule has 0 saturated heterocycles. The fourth-order valence-electron chi connectivity index (χ4n) is 6.83. The highest BCUT2D eigenvalue weighted by Crippen LogP contribution is 2.14. The standard InChI is InChI=1S/C46H73N9O17S/c1-22(2)18-31(52-44(69)34(21-56)54-40(65)28(12-14-35(59)60)48-38(63)24(5)47)42(67)51-32(19-23(3)4)43(68)55-37(25(6)57)45(70)50-30(16-17-73-7)41(66)49-29(13-15-36(61)62)39(64)53-33(46(71)72)20-26-8-10-27(58)11-9-26/h8-11,22-25,28-34,37,56-58H,12-21,47H2,1-7H3,(H,48,63)(H,49,66)(H,50,70)(H,51,67)(H,52,69)(H,53,64)(H,54,65)(H,55,68)(H,59,60)(H,61,62)(H,71,72)/t24-,25+,28-,29-,30-,31-,32-,33-,34-,37-/m0/s1. The Balaban J connectivity index is 3.36. The Morgan fingerprint density at radius 1 is 0.521 bits per heavy atom. The van der Waals surface area contributed by atoms with Crippen LogP contribution in [0.5, 0.6) is 5.75 Å². The minimum atomic E-state index is -1.77. The van der Waals surface area contributed by atoms with E-state index in [2.05, 4.69) is 42.5 Å². The zero-order chi connectivity index (χ0) is 55.7. The number of phenols is 1. The summed E-state index contributed by atoms with van der Waals surface area (Å²) in [5.41, 5.74) is 5.99. The third-order valence-corrected chi connectivity index (χ3v) is 11.4. The van der Waals surface area contributed by atoms with Gasteiger partial charge in [-0.2, -0.15) is 11.8 Å². The number of benzene rings is 1. The first-order valence-electron chi connectivity index (χ1n) is 23.5. The van der Waals surface area contributed by atoms with Gasteiger partial charge in [0.1, 0.15) is 54.1 Å². The Bertz CT molecular complexity index is 2060. The molecule has 0 aromatic heterocycles. The van der Waals surface area contributed by atoms with Crippen molar-refractivity contribution in [3.05, 3.63) is 29.8 Å². The van der Waals surface area contributed by atoms with Crippen LogP contribution in [0.25, 0.3) is 0 Å². The number of hydrogen-bond acceptors (Lipinski definition) is 16. The third-order valence-electron chi connectivity index (χ3n) is 10.8. The molecular weight excluding hydrogens is 983 g/mol. The number of aliphatic hydroxyl groups is 2. The summed E-state index contributed by atoms with van der Waals surface area (Å²) in [6.07, 6.45) is -2.46. The lowest BCUT2D eigenvalue weighted by Crippen LogP contribution is -2.62. The van der Waals surface area contributed by atoms with E-state index in [0.29, 0.717) is 5.56 Å². The van der Waals surface area contributed by atoms with Crippen molar-refractivity contribution in [2.24, 2.45) is 17.6 Å². The van der Waals surface area contributed by atoms with E-state index in [1.54, 1.807) is 34.0 Å². The summed E-state index contributed by atoms with van der Waals surface area (Å²) >= 11 is 1.27. The van der Waals surface area contributed by atoms with Gasteiger partial charge in [0, 0.05) is 19.3 Å². The summed E-state index contributed by atoms with van der Waals surface area (Å²) in [5.74, 6) is -12.4. The van der Waals surface area contributed by atoms with Crippen LogP contribution in [0.4, 0.5) is 0 Å². The predicted molar refractivity (Wildman–Crippen MR) is 263 cm³/mol. The molecule has 1 aromatic carbocycles. The number of rotatable bonds is 34. The highest BCUT2D eigenvalue weighted by atomic mass is 32.2. The second-order valence-corrected chi connectivity index (χ2v) is 19.2. The van der Waals surface area contributed by atoms with Crippen LogP contribution in [0.2, 0.25) is 0 Å². The van der Waals surface area contributed by atoms with Crippen molar-refractivity contribution in [1.82, 2.24) is 42.5 Å². The van der Waals surface area contributed by atoms with E-state index in [9.17, 15) is 78.3 Å². The lowest BCUT2D eigenvalue weighted by molar-refractivity contribution is -0.143. The molecule has 0 unspecified atom stereocenters. The maximum absolute atomic E-state index is 14.0. The molecule has 0 saturated carbocycles. The van der Waals surface area contributed by atoms with Gasteiger partial charge >= 0.3 is 17.9 Å². The van der Waals surface area contributed by atoms with Gasteiger partial charge in [-0.1, -0.05) is 39.8 Å². The molecule has 26 nitrogen and oxygen atoms in total. The van der Waals surface area contributed by atoms with Crippen LogP contribution in [0.15, 0.2) is 24.3 Å². The average molecular weight is 1060 g/mol. The van der Waals surface area contributed by atoms with Crippen LogP contribution in [-0.2, 0) is 59.2 Å². The minimum absolute atomic E-state index is 0.0393. The number of aliphatic hydroxyl groups excluding tert-OH is 2.